The van der Waals surface area contributed by atoms with Crippen LogP contribution in [0.3, 0.4) is 0 Å². The minimum atomic E-state index is -1.00. The summed E-state index contributed by atoms with van der Waals surface area (Å²) < 4.78 is 0. The SMILES string of the molecule is CCCCCCC[SiH](c1ccccc1)c1ccccc1. The van der Waals surface area contributed by atoms with Gasteiger partial charge in [0, 0.05) is 0 Å². The quantitative estimate of drug-likeness (QED) is 0.507. The van der Waals surface area contributed by atoms with Gasteiger partial charge in [-0.05, 0) is 0 Å². The largest absolute Gasteiger partial charge is 0.103 e. The fourth-order valence-electron chi connectivity index (χ4n) is 2.85. The summed E-state index contributed by atoms with van der Waals surface area (Å²) in [6.45, 7) is 2.28. The van der Waals surface area contributed by atoms with Crippen molar-refractivity contribution in [1.29, 1.82) is 0 Å². The fraction of sp³-hybridized carbons (Fsp3) is 0.368. The summed E-state index contributed by atoms with van der Waals surface area (Å²) >= 11 is 0. The van der Waals surface area contributed by atoms with Crippen molar-refractivity contribution in [3.05, 3.63) is 60.7 Å². The Hall–Kier alpha value is -1.34. The Morgan fingerprint density at radius 2 is 1.15 bits per heavy atom. The fourth-order valence-corrected chi connectivity index (χ4v) is 5.97. The molecule has 1 heteroatoms. The van der Waals surface area contributed by atoms with Crippen molar-refractivity contribution in [2.45, 2.75) is 45.1 Å². The van der Waals surface area contributed by atoms with Crippen molar-refractivity contribution in [3.8, 4) is 0 Å². The van der Waals surface area contributed by atoms with Crippen molar-refractivity contribution in [2.75, 3.05) is 0 Å². The topological polar surface area (TPSA) is 0 Å². The molecule has 106 valence electrons. The summed E-state index contributed by atoms with van der Waals surface area (Å²) in [6.07, 6.45) is 6.92. The van der Waals surface area contributed by atoms with Gasteiger partial charge in [-0.2, -0.15) is 0 Å². The van der Waals surface area contributed by atoms with Crippen molar-refractivity contribution in [3.63, 3.8) is 0 Å². The Morgan fingerprint density at radius 3 is 1.65 bits per heavy atom. The molecule has 0 atom stereocenters. The second kappa shape index (κ2) is 8.75. The van der Waals surface area contributed by atoms with Gasteiger partial charge in [0.1, 0.15) is 8.80 Å². The minimum absolute atomic E-state index is 1.00. The summed E-state index contributed by atoms with van der Waals surface area (Å²) in [4.78, 5) is 0. The molecule has 0 aliphatic heterocycles. The zero-order chi connectivity index (χ0) is 14.0. The molecule has 0 bridgehead atoms. The van der Waals surface area contributed by atoms with Crippen LogP contribution in [0.1, 0.15) is 39.0 Å². The zero-order valence-corrected chi connectivity index (χ0v) is 13.7. The first kappa shape index (κ1) is 15.1. The highest BCUT2D eigenvalue weighted by atomic mass is 28.3. The van der Waals surface area contributed by atoms with Crippen LogP contribution in [0.15, 0.2) is 60.7 Å². The number of rotatable bonds is 8. The number of hydrogen-bond acceptors (Lipinski definition) is 0. The van der Waals surface area contributed by atoms with Crippen LogP contribution in [0.2, 0.25) is 6.04 Å². The molecule has 0 amide bonds. The lowest BCUT2D eigenvalue weighted by molar-refractivity contribution is 0.655. The smallest absolute Gasteiger partial charge is 0.0654 e. The Morgan fingerprint density at radius 1 is 0.650 bits per heavy atom. The second-order valence-electron chi connectivity index (χ2n) is 5.58. The Labute approximate surface area is 125 Å². The van der Waals surface area contributed by atoms with Crippen molar-refractivity contribution >= 4 is 19.2 Å². The molecule has 0 unspecified atom stereocenters. The van der Waals surface area contributed by atoms with E-state index in [1.54, 1.807) is 10.4 Å². The lowest BCUT2D eigenvalue weighted by atomic mass is 10.2. The standard InChI is InChI=1S/C19H26Si/c1-2-3-4-5-12-17-20(18-13-8-6-9-14-18)19-15-10-7-11-16-19/h6-11,13-16,20H,2-5,12,17H2,1H3. The van der Waals surface area contributed by atoms with E-state index >= 15 is 0 Å². The van der Waals surface area contributed by atoms with Crippen molar-refractivity contribution in [1.82, 2.24) is 0 Å². The van der Waals surface area contributed by atoms with Gasteiger partial charge in [0.2, 0.25) is 0 Å². The van der Waals surface area contributed by atoms with E-state index in [4.69, 9.17) is 0 Å². The summed E-state index contributed by atoms with van der Waals surface area (Å²) in [7, 11) is -1.00. The average molecular weight is 283 g/mol. The first-order valence-electron chi connectivity index (χ1n) is 8.01. The van der Waals surface area contributed by atoms with Gasteiger partial charge in [-0.25, -0.2) is 0 Å². The van der Waals surface area contributed by atoms with Gasteiger partial charge in [-0.15, -0.1) is 0 Å². The normalized spacial score (nSPS) is 10.9. The third-order valence-electron chi connectivity index (χ3n) is 4.00. The van der Waals surface area contributed by atoms with Gasteiger partial charge >= 0.3 is 0 Å². The predicted molar refractivity (Wildman–Crippen MR) is 92.9 cm³/mol. The molecule has 0 aromatic heterocycles. The van der Waals surface area contributed by atoms with E-state index in [1.807, 2.05) is 0 Å². The lowest BCUT2D eigenvalue weighted by Gasteiger charge is -2.16. The van der Waals surface area contributed by atoms with E-state index in [2.05, 4.69) is 67.6 Å². The van der Waals surface area contributed by atoms with Crippen molar-refractivity contribution < 1.29 is 0 Å². The molecule has 0 nitrogen and oxygen atoms in total. The van der Waals surface area contributed by atoms with E-state index in [1.165, 1.54) is 38.1 Å². The van der Waals surface area contributed by atoms with Crippen LogP contribution in [0.25, 0.3) is 0 Å². The molecular formula is C19H26Si. The van der Waals surface area contributed by atoms with Gasteiger partial charge in [0.05, 0.1) is 0 Å². The number of hydrogen-bond donors (Lipinski definition) is 0. The molecule has 2 rings (SSSR count). The predicted octanol–water partition coefficient (Wildman–Crippen LogP) is 4.00. The van der Waals surface area contributed by atoms with Crippen molar-refractivity contribution in [2.24, 2.45) is 0 Å². The van der Waals surface area contributed by atoms with Gasteiger partial charge in [-0.3, -0.25) is 0 Å². The van der Waals surface area contributed by atoms with Gasteiger partial charge in [-0.1, -0.05) is 116 Å². The Bertz CT molecular complexity index is 424. The minimum Gasteiger partial charge on any atom is -0.0654 e. The molecule has 20 heavy (non-hydrogen) atoms. The monoisotopic (exact) mass is 282 g/mol. The molecule has 0 heterocycles. The molecule has 2 aromatic carbocycles. The summed E-state index contributed by atoms with van der Waals surface area (Å²) in [6, 6.07) is 23.7. The van der Waals surface area contributed by atoms with Gasteiger partial charge in [0.25, 0.3) is 0 Å². The van der Waals surface area contributed by atoms with Crippen LogP contribution >= 0.6 is 0 Å². The highest BCUT2D eigenvalue weighted by molar-refractivity contribution is 6.85. The summed E-state index contributed by atoms with van der Waals surface area (Å²) in [5.74, 6) is 0. The molecule has 0 fully saturated rings. The maximum absolute atomic E-state index is 2.33. The van der Waals surface area contributed by atoms with Crippen LogP contribution in [-0.2, 0) is 0 Å². The van der Waals surface area contributed by atoms with Crippen LogP contribution in [-0.4, -0.2) is 8.80 Å². The van der Waals surface area contributed by atoms with E-state index < -0.39 is 8.80 Å². The maximum atomic E-state index is 2.33. The molecule has 0 saturated carbocycles. The van der Waals surface area contributed by atoms with Crippen LogP contribution in [0.5, 0.6) is 0 Å². The summed E-state index contributed by atoms with van der Waals surface area (Å²) in [5.41, 5.74) is 0. The number of benzene rings is 2. The molecule has 0 aliphatic rings. The molecule has 2 aromatic rings. The third kappa shape index (κ3) is 4.64. The summed E-state index contributed by atoms with van der Waals surface area (Å²) in [5, 5.41) is 3.18. The molecule has 0 saturated heterocycles. The molecule has 0 N–H and O–H groups in total. The van der Waals surface area contributed by atoms with Crippen LogP contribution in [0.4, 0.5) is 0 Å². The molecule has 0 aliphatic carbocycles. The van der Waals surface area contributed by atoms with E-state index in [0.29, 0.717) is 0 Å². The van der Waals surface area contributed by atoms with E-state index in [9.17, 15) is 0 Å². The van der Waals surface area contributed by atoms with Gasteiger partial charge in [0.15, 0.2) is 0 Å². The second-order valence-corrected chi connectivity index (χ2v) is 8.59. The lowest BCUT2D eigenvalue weighted by Crippen LogP contribution is -2.41. The van der Waals surface area contributed by atoms with Gasteiger partial charge < -0.3 is 0 Å². The first-order valence-corrected chi connectivity index (χ1v) is 9.99. The zero-order valence-electron chi connectivity index (χ0n) is 12.6. The highest BCUT2D eigenvalue weighted by Crippen LogP contribution is 2.08. The van der Waals surface area contributed by atoms with Crippen LogP contribution in [0, 0.1) is 0 Å². The molecule has 0 radical (unpaired) electrons. The third-order valence-corrected chi connectivity index (χ3v) is 7.37. The maximum Gasteiger partial charge on any atom is 0.103 e. The Balaban J connectivity index is 2.02. The van der Waals surface area contributed by atoms with E-state index in [0.717, 1.165) is 0 Å². The average Bonchev–Trinajstić information content (AvgIpc) is 2.53. The molecule has 0 spiro atoms. The number of unbranched alkanes of at least 4 members (excludes halogenated alkanes) is 4. The Kier molecular flexibility index (Phi) is 6.59. The molecular weight excluding hydrogens is 256 g/mol. The first-order chi connectivity index (χ1) is 9.92. The van der Waals surface area contributed by atoms with Crippen LogP contribution < -0.4 is 10.4 Å². The van der Waals surface area contributed by atoms with E-state index in [-0.39, 0.29) is 0 Å². The highest BCUT2D eigenvalue weighted by Gasteiger charge is 2.14.